The number of rotatable bonds is 1. The fourth-order valence-electron chi connectivity index (χ4n) is 1.86. The Labute approximate surface area is 76.8 Å². The number of halogens is 1. The monoisotopic (exact) mass is 190 g/mol. The largest absolute Gasteiger partial charge is 0.226 e. The van der Waals surface area contributed by atoms with Crippen LogP contribution >= 0.6 is 8.23 Å². The summed E-state index contributed by atoms with van der Waals surface area (Å²) in [5, 5.41) is -0.0860. The van der Waals surface area contributed by atoms with Crippen molar-refractivity contribution in [3.63, 3.8) is 0 Å². The smallest absolute Gasteiger partial charge is 0.0899 e. The van der Waals surface area contributed by atoms with Crippen molar-refractivity contribution in [3.8, 4) is 0 Å². The summed E-state index contributed by atoms with van der Waals surface area (Å²) >= 11 is 0. The first kappa shape index (κ1) is 10.4. The molecule has 1 unspecified atom stereocenters. The molecule has 1 aliphatic carbocycles. The van der Waals surface area contributed by atoms with Crippen LogP contribution in [-0.2, 0) is 0 Å². The van der Waals surface area contributed by atoms with Crippen molar-refractivity contribution in [2.75, 3.05) is 0 Å². The zero-order valence-electron chi connectivity index (χ0n) is 8.44. The lowest BCUT2D eigenvalue weighted by atomic mass is 10.0. The van der Waals surface area contributed by atoms with Gasteiger partial charge in [-0.3, -0.25) is 0 Å². The van der Waals surface area contributed by atoms with Crippen molar-refractivity contribution < 1.29 is 4.20 Å². The van der Waals surface area contributed by atoms with Gasteiger partial charge in [0.05, 0.1) is 8.23 Å². The Morgan fingerprint density at radius 3 is 2.00 bits per heavy atom. The molecule has 0 amide bonds. The van der Waals surface area contributed by atoms with Gasteiger partial charge < -0.3 is 0 Å². The van der Waals surface area contributed by atoms with E-state index >= 15 is 0 Å². The Kier molecular flexibility index (Phi) is 3.52. The van der Waals surface area contributed by atoms with Gasteiger partial charge in [0, 0.05) is 10.8 Å². The summed E-state index contributed by atoms with van der Waals surface area (Å²) in [6.45, 7) is 6.11. The molecule has 1 rings (SSSR count). The topological polar surface area (TPSA) is 0 Å². The van der Waals surface area contributed by atoms with E-state index in [2.05, 4.69) is 0 Å². The Bertz CT molecular complexity index is 133. The molecule has 72 valence electrons. The third-order valence-electron chi connectivity index (χ3n) is 2.54. The molecular weight excluding hydrogens is 170 g/mol. The van der Waals surface area contributed by atoms with Crippen LogP contribution in [0.1, 0.15) is 52.9 Å². The van der Waals surface area contributed by atoms with Gasteiger partial charge >= 0.3 is 0 Å². The molecule has 0 aromatic heterocycles. The van der Waals surface area contributed by atoms with Crippen molar-refractivity contribution in [2.45, 2.75) is 63.7 Å². The summed E-state index contributed by atoms with van der Waals surface area (Å²) in [7, 11) is -1.24. The fourth-order valence-corrected chi connectivity index (χ4v) is 3.77. The highest BCUT2D eigenvalue weighted by Gasteiger charge is 2.33. The average Bonchev–Trinajstić information content (AvgIpc) is 2.03. The molecule has 1 saturated carbocycles. The Morgan fingerprint density at radius 2 is 1.58 bits per heavy atom. The maximum Gasteiger partial charge on any atom is 0.0899 e. The summed E-state index contributed by atoms with van der Waals surface area (Å²) in [5.74, 6) is 0. The van der Waals surface area contributed by atoms with Crippen LogP contribution in [0.2, 0.25) is 0 Å². The van der Waals surface area contributed by atoms with Crippen LogP contribution in [0.25, 0.3) is 0 Å². The molecule has 0 aliphatic heterocycles. The average molecular weight is 190 g/mol. The van der Waals surface area contributed by atoms with E-state index in [9.17, 15) is 4.20 Å². The highest BCUT2D eigenvalue weighted by molar-refractivity contribution is 7.54. The lowest BCUT2D eigenvalue weighted by Gasteiger charge is -2.32. The van der Waals surface area contributed by atoms with Gasteiger partial charge in [0.15, 0.2) is 0 Å². The molecule has 0 saturated heterocycles. The van der Waals surface area contributed by atoms with E-state index in [0.717, 1.165) is 12.8 Å². The van der Waals surface area contributed by atoms with Crippen LogP contribution in [0, 0.1) is 0 Å². The molecule has 0 spiro atoms. The highest BCUT2D eigenvalue weighted by atomic mass is 31.2. The SMILES string of the molecule is CC(C)(C)P(F)C1CCCCC1. The van der Waals surface area contributed by atoms with E-state index < -0.39 is 8.23 Å². The molecule has 2 heteroatoms. The minimum absolute atomic E-state index is 0.0860. The van der Waals surface area contributed by atoms with Crippen LogP contribution in [0.4, 0.5) is 4.20 Å². The first-order chi connectivity index (χ1) is 5.52. The van der Waals surface area contributed by atoms with Gasteiger partial charge in [-0.1, -0.05) is 40.0 Å². The second-order valence-electron chi connectivity index (χ2n) is 4.77. The second-order valence-corrected chi connectivity index (χ2v) is 7.47. The Balaban J connectivity index is 2.45. The maximum absolute atomic E-state index is 13.9. The quantitative estimate of drug-likeness (QED) is 0.534. The van der Waals surface area contributed by atoms with Crippen molar-refractivity contribution in [1.82, 2.24) is 0 Å². The van der Waals surface area contributed by atoms with Crippen molar-refractivity contribution >= 4 is 8.23 Å². The Hall–Kier alpha value is 0.360. The van der Waals surface area contributed by atoms with Crippen LogP contribution in [0.5, 0.6) is 0 Å². The summed E-state index contributed by atoms with van der Waals surface area (Å²) < 4.78 is 13.9. The van der Waals surface area contributed by atoms with E-state index in [1.807, 2.05) is 20.8 Å². The molecule has 0 aromatic carbocycles. The lowest BCUT2D eigenvalue weighted by Crippen LogP contribution is -2.19. The number of hydrogen-bond acceptors (Lipinski definition) is 0. The van der Waals surface area contributed by atoms with E-state index in [4.69, 9.17) is 0 Å². The summed E-state index contributed by atoms with van der Waals surface area (Å²) in [5.41, 5.74) is 0.411. The molecule has 1 aliphatic rings. The second kappa shape index (κ2) is 4.05. The van der Waals surface area contributed by atoms with E-state index in [1.54, 1.807) is 0 Å². The van der Waals surface area contributed by atoms with Crippen LogP contribution in [-0.4, -0.2) is 10.8 Å². The van der Waals surface area contributed by atoms with Gasteiger partial charge in [-0.15, -0.1) is 0 Å². The molecule has 12 heavy (non-hydrogen) atoms. The normalized spacial score (nSPS) is 24.0. The molecular formula is C10H20FP. The highest BCUT2D eigenvalue weighted by Crippen LogP contribution is 2.58. The first-order valence-corrected chi connectivity index (χ1v) is 6.27. The maximum atomic E-state index is 13.9. The summed E-state index contributed by atoms with van der Waals surface area (Å²) in [6.07, 6.45) is 6.11. The van der Waals surface area contributed by atoms with Crippen molar-refractivity contribution in [2.24, 2.45) is 0 Å². The van der Waals surface area contributed by atoms with Gasteiger partial charge in [0.1, 0.15) is 0 Å². The number of hydrogen-bond donors (Lipinski definition) is 0. The summed E-state index contributed by atoms with van der Waals surface area (Å²) in [6, 6.07) is 0. The van der Waals surface area contributed by atoms with E-state index in [-0.39, 0.29) is 5.16 Å². The van der Waals surface area contributed by atoms with Crippen molar-refractivity contribution in [1.29, 1.82) is 0 Å². The molecule has 1 atom stereocenters. The van der Waals surface area contributed by atoms with Crippen LogP contribution in [0.15, 0.2) is 0 Å². The predicted octanol–water partition coefficient (Wildman–Crippen LogP) is 4.48. The van der Waals surface area contributed by atoms with Gasteiger partial charge in [-0.05, 0) is 12.8 Å². The molecule has 0 heterocycles. The minimum Gasteiger partial charge on any atom is -0.226 e. The fraction of sp³-hybridized carbons (Fsp3) is 1.00. The van der Waals surface area contributed by atoms with Crippen LogP contribution < -0.4 is 0 Å². The van der Waals surface area contributed by atoms with Crippen molar-refractivity contribution in [3.05, 3.63) is 0 Å². The van der Waals surface area contributed by atoms with Gasteiger partial charge in [0.25, 0.3) is 0 Å². The van der Waals surface area contributed by atoms with Gasteiger partial charge in [0.2, 0.25) is 0 Å². The third-order valence-corrected chi connectivity index (χ3v) is 4.98. The molecule has 0 aromatic rings. The zero-order valence-corrected chi connectivity index (χ0v) is 9.33. The van der Waals surface area contributed by atoms with E-state index in [0.29, 0.717) is 5.66 Å². The predicted molar refractivity (Wildman–Crippen MR) is 54.7 cm³/mol. The van der Waals surface area contributed by atoms with Gasteiger partial charge in [-0.25, -0.2) is 4.20 Å². The molecule has 0 bridgehead atoms. The minimum atomic E-state index is -1.24. The van der Waals surface area contributed by atoms with Gasteiger partial charge in [-0.2, -0.15) is 0 Å². The molecule has 0 N–H and O–H groups in total. The first-order valence-electron chi connectivity index (χ1n) is 4.97. The third kappa shape index (κ3) is 2.69. The van der Waals surface area contributed by atoms with E-state index in [1.165, 1.54) is 19.3 Å². The zero-order chi connectivity index (χ0) is 9.19. The molecule has 1 fully saturated rings. The van der Waals surface area contributed by atoms with Crippen LogP contribution in [0.3, 0.4) is 0 Å². The Morgan fingerprint density at radius 1 is 1.08 bits per heavy atom. The standard InChI is InChI=1S/C10H20FP/c1-10(2,3)12(11)9-7-5-4-6-8-9/h9H,4-8H2,1-3H3. The summed E-state index contributed by atoms with van der Waals surface area (Å²) in [4.78, 5) is 0. The lowest BCUT2D eigenvalue weighted by molar-refractivity contribution is 0.494. The molecule has 0 nitrogen and oxygen atoms in total. The molecule has 0 radical (unpaired) electrons.